The lowest BCUT2D eigenvalue weighted by atomic mass is 10.2. The van der Waals surface area contributed by atoms with Gasteiger partial charge >= 0.3 is 0 Å². The summed E-state index contributed by atoms with van der Waals surface area (Å²) in [5.74, 6) is 0.510. The number of hydrogen-bond donors (Lipinski definition) is 2. The Kier molecular flexibility index (Phi) is 6.32. The van der Waals surface area contributed by atoms with E-state index in [2.05, 4.69) is 10.6 Å². The van der Waals surface area contributed by atoms with Crippen LogP contribution in [0.1, 0.15) is 12.5 Å². The fourth-order valence-electron chi connectivity index (χ4n) is 1.85. The maximum absolute atomic E-state index is 11.8. The highest BCUT2D eigenvalue weighted by Gasteiger charge is 2.02. The van der Waals surface area contributed by atoms with Gasteiger partial charge in [-0.25, -0.2) is 0 Å². The summed E-state index contributed by atoms with van der Waals surface area (Å²) < 4.78 is 5.36. The zero-order chi connectivity index (χ0) is 16.5. The van der Waals surface area contributed by atoms with Gasteiger partial charge in [-0.15, -0.1) is 0 Å². The molecule has 0 saturated carbocycles. The molecule has 5 heteroatoms. The van der Waals surface area contributed by atoms with Gasteiger partial charge in [-0.05, 0) is 55.0 Å². The molecule has 2 rings (SSSR count). The van der Waals surface area contributed by atoms with Crippen molar-refractivity contribution in [1.82, 2.24) is 5.32 Å². The van der Waals surface area contributed by atoms with Crippen LogP contribution in [0.5, 0.6) is 5.75 Å². The monoisotopic (exact) mass is 326 g/mol. The molecule has 0 radical (unpaired) electrons. The Hall–Kier alpha value is -2.66. The van der Waals surface area contributed by atoms with Crippen molar-refractivity contribution in [1.29, 1.82) is 0 Å². The largest absolute Gasteiger partial charge is 0.494 e. The lowest BCUT2D eigenvalue weighted by Crippen LogP contribution is -2.32. The SMILES string of the molecule is CCOc1ccc(NC(=S)NC(=O)/C=C/c2ccccc2)cc1. The van der Waals surface area contributed by atoms with Crippen LogP contribution in [0.25, 0.3) is 6.08 Å². The molecule has 0 spiro atoms. The van der Waals surface area contributed by atoms with Gasteiger partial charge in [0.25, 0.3) is 0 Å². The van der Waals surface area contributed by atoms with Crippen molar-refractivity contribution >= 4 is 35.0 Å². The fourth-order valence-corrected chi connectivity index (χ4v) is 2.07. The Morgan fingerprint density at radius 1 is 1.13 bits per heavy atom. The molecule has 0 aliphatic rings. The summed E-state index contributed by atoms with van der Waals surface area (Å²) in [6.07, 6.45) is 3.18. The number of ether oxygens (including phenoxy) is 1. The standard InChI is InChI=1S/C18H18N2O2S/c1-2-22-16-11-9-15(10-12-16)19-18(23)20-17(21)13-8-14-6-4-3-5-7-14/h3-13H,2H2,1H3,(H2,19,20,21,23)/b13-8+. The summed E-state index contributed by atoms with van der Waals surface area (Å²) in [6, 6.07) is 16.9. The number of anilines is 1. The Morgan fingerprint density at radius 3 is 2.48 bits per heavy atom. The minimum absolute atomic E-state index is 0.247. The third-order valence-electron chi connectivity index (χ3n) is 2.89. The van der Waals surface area contributed by atoms with E-state index >= 15 is 0 Å². The second-order valence-electron chi connectivity index (χ2n) is 4.64. The van der Waals surface area contributed by atoms with Crippen LogP contribution in [0.15, 0.2) is 60.7 Å². The van der Waals surface area contributed by atoms with E-state index in [0.29, 0.717) is 6.61 Å². The number of thiocarbonyl (C=S) groups is 1. The molecule has 2 aromatic carbocycles. The van der Waals surface area contributed by atoms with E-state index < -0.39 is 0 Å². The van der Waals surface area contributed by atoms with Gasteiger partial charge < -0.3 is 10.1 Å². The number of carbonyl (C=O) groups excluding carboxylic acids is 1. The van der Waals surface area contributed by atoms with Crippen LogP contribution in [0.4, 0.5) is 5.69 Å². The Morgan fingerprint density at radius 2 is 1.83 bits per heavy atom. The molecule has 0 heterocycles. The lowest BCUT2D eigenvalue weighted by molar-refractivity contribution is -0.115. The van der Waals surface area contributed by atoms with Crippen LogP contribution in [0, 0.1) is 0 Å². The minimum atomic E-state index is -0.280. The molecule has 0 aromatic heterocycles. The van der Waals surface area contributed by atoms with Gasteiger partial charge in [0.05, 0.1) is 6.61 Å². The number of carbonyl (C=O) groups is 1. The average molecular weight is 326 g/mol. The van der Waals surface area contributed by atoms with Crippen LogP contribution < -0.4 is 15.4 Å². The van der Waals surface area contributed by atoms with Crippen molar-refractivity contribution in [3.05, 3.63) is 66.2 Å². The minimum Gasteiger partial charge on any atom is -0.494 e. The highest BCUT2D eigenvalue weighted by molar-refractivity contribution is 7.80. The summed E-state index contributed by atoms with van der Waals surface area (Å²) in [5, 5.41) is 5.80. The van der Waals surface area contributed by atoms with Gasteiger partial charge in [-0.1, -0.05) is 30.3 Å². The normalized spacial score (nSPS) is 10.3. The predicted molar refractivity (Wildman–Crippen MR) is 97.5 cm³/mol. The van der Waals surface area contributed by atoms with Crippen molar-refractivity contribution in [3.63, 3.8) is 0 Å². The molecular formula is C18H18N2O2S. The van der Waals surface area contributed by atoms with Crippen LogP contribution in [-0.2, 0) is 4.79 Å². The first-order valence-corrected chi connectivity index (χ1v) is 7.66. The van der Waals surface area contributed by atoms with E-state index in [1.807, 2.05) is 61.5 Å². The van der Waals surface area contributed by atoms with Gasteiger partial charge in [-0.2, -0.15) is 0 Å². The van der Waals surface area contributed by atoms with E-state index in [1.54, 1.807) is 6.08 Å². The second kappa shape index (κ2) is 8.70. The van der Waals surface area contributed by atoms with Crippen molar-refractivity contribution < 1.29 is 9.53 Å². The number of amides is 1. The highest BCUT2D eigenvalue weighted by Crippen LogP contribution is 2.15. The molecule has 0 saturated heterocycles. The highest BCUT2D eigenvalue weighted by atomic mass is 32.1. The molecular weight excluding hydrogens is 308 g/mol. The lowest BCUT2D eigenvalue weighted by Gasteiger charge is -2.09. The van der Waals surface area contributed by atoms with E-state index in [1.165, 1.54) is 6.08 Å². The average Bonchev–Trinajstić information content (AvgIpc) is 2.56. The van der Waals surface area contributed by atoms with E-state index in [4.69, 9.17) is 17.0 Å². The summed E-state index contributed by atoms with van der Waals surface area (Å²) in [6.45, 7) is 2.55. The van der Waals surface area contributed by atoms with Crippen LogP contribution in [0.2, 0.25) is 0 Å². The number of hydrogen-bond acceptors (Lipinski definition) is 3. The second-order valence-corrected chi connectivity index (χ2v) is 5.05. The van der Waals surface area contributed by atoms with E-state index in [9.17, 15) is 4.79 Å². The van der Waals surface area contributed by atoms with Gasteiger partial charge in [0.2, 0.25) is 5.91 Å². The summed E-state index contributed by atoms with van der Waals surface area (Å²) >= 11 is 5.12. The predicted octanol–water partition coefficient (Wildman–Crippen LogP) is 3.61. The molecule has 0 bridgehead atoms. The third kappa shape index (κ3) is 5.92. The molecule has 0 aliphatic carbocycles. The smallest absolute Gasteiger partial charge is 0.250 e. The molecule has 23 heavy (non-hydrogen) atoms. The van der Waals surface area contributed by atoms with Gasteiger partial charge in [-0.3, -0.25) is 10.1 Å². The van der Waals surface area contributed by atoms with E-state index in [0.717, 1.165) is 17.0 Å². The zero-order valence-electron chi connectivity index (χ0n) is 12.8. The van der Waals surface area contributed by atoms with Crippen molar-refractivity contribution in [3.8, 4) is 5.75 Å². The fraction of sp³-hybridized carbons (Fsp3) is 0.111. The molecule has 2 N–H and O–H groups in total. The van der Waals surface area contributed by atoms with Gasteiger partial charge in [0, 0.05) is 11.8 Å². The van der Waals surface area contributed by atoms with Gasteiger partial charge in [0.1, 0.15) is 5.75 Å². The molecule has 2 aromatic rings. The summed E-state index contributed by atoms with van der Waals surface area (Å²) in [7, 11) is 0. The molecule has 0 unspecified atom stereocenters. The number of rotatable bonds is 5. The van der Waals surface area contributed by atoms with E-state index in [-0.39, 0.29) is 11.0 Å². The molecule has 0 aliphatic heterocycles. The first-order valence-electron chi connectivity index (χ1n) is 7.25. The number of nitrogens with one attached hydrogen (secondary N) is 2. The first-order chi connectivity index (χ1) is 11.2. The van der Waals surface area contributed by atoms with Crippen molar-refractivity contribution in [2.24, 2.45) is 0 Å². The molecule has 0 fully saturated rings. The van der Waals surface area contributed by atoms with Crippen molar-refractivity contribution in [2.45, 2.75) is 6.92 Å². The third-order valence-corrected chi connectivity index (χ3v) is 3.09. The maximum Gasteiger partial charge on any atom is 0.250 e. The molecule has 118 valence electrons. The van der Waals surface area contributed by atoms with Crippen LogP contribution in [0.3, 0.4) is 0 Å². The zero-order valence-corrected chi connectivity index (χ0v) is 13.6. The topological polar surface area (TPSA) is 50.4 Å². The Labute approximate surface area is 141 Å². The van der Waals surface area contributed by atoms with Crippen molar-refractivity contribution in [2.75, 3.05) is 11.9 Å². The van der Waals surface area contributed by atoms with Crippen LogP contribution >= 0.6 is 12.2 Å². The molecule has 1 amide bonds. The molecule has 0 atom stereocenters. The Balaban J connectivity index is 1.84. The van der Waals surface area contributed by atoms with Crippen LogP contribution in [-0.4, -0.2) is 17.6 Å². The first kappa shape index (κ1) is 16.7. The summed E-state index contributed by atoms with van der Waals surface area (Å²) in [5.41, 5.74) is 1.74. The maximum atomic E-state index is 11.8. The summed E-state index contributed by atoms with van der Waals surface area (Å²) in [4.78, 5) is 11.8. The Bertz CT molecular complexity index is 682. The molecule has 4 nitrogen and oxygen atoms in total. The number of benzene rings is 2. The quantitative estimate of drug-likeness (QED) is 0.651. The van der Waals surface area contributed by atoms with Gasteiger partial charge in [0.15, 0.2) is 5.11 Å².